The Balaban J connectivity index is 2.48. The SMILES string of the molecule is COc1ccc(Br)c(C(O)c2cc(C)ccc2F)c1. The first-order valence-electron chi connectivity index (χ1n) is 5.80. The van der Waals surface area contributed by atoms with Crippen molar-refractivity contribution in [2.75, 3.05) is 7.11 Å². The fourth-order valence-electron chi connectivity index (χ4n) is 1.90. The molecule has 0 aromatic heterocycles. The summed E-state index contributed by atoms with van der Waals surface area (Å²) in [5.74, 6) is 0.193. The molecule has 0 fully saturated rings. The maximum atomic E-state index is 13.8. The van der Waals surface area contributed by atoms with E-state index in [1.165, 1.54) is 6.07 Å². The summed E-state index contributed by atoms with van der Waals surface area (Å²) in [6, 6.07) is 9.91. The molecule has 2 aromatic rings. The van der Waals surface area contributed by atoms with Gasteiger partial charge in [-0.1, -0.05) is 33.6 Å². The number of rotatable bonds is 3. The largest absolute Gasteiger partial charge is 0.497 e. The lowest BCUT2D eigenvalue weighted by molar-refractivity contribution is 0.213. The van der Waals surface area contributed by atoms with Crippen molar-refractivity contribution in [2.24, 2.45) is 0 Å². The minimum absolute atomic E-state index is 0.258. The second-order valence-electron chi connectivity index (χ2n) is 4.31. The van der Waals surface area contributed by atoms with Gasteiger partial charge in [-0.05, 0) is 31.2 Å². The van der Waals surface area contributed by atoms with Gasteiger partial charge in [-0.15, -0.1) is 0 Å². The van der Waals surface area contributed by atoms with E-state index in [0.29, 0.717) is 15.8 Å². The molecule has 1 N–H and O–H groups in total. The number of aliphatic hydroxyl groups is 1. The lowest BCUT2D eigenvalue weighted by Gasteiger charge is -2.15. The molecule has 0 aliphatic carbocycles. The number of hydrogen-bond acceptors (Lipinski definition) is 2. The molecular weight excluding hydrogens is 311 g/mol. The zero-order valence-electron chi connectivity index (χ0n) is 10.7. The van der Waals surface area contributed by atoms with E-state index in [2.05, 4.69) is 15.9 Å². The fourth-order valence-corrected chi connectivity index (χ4v) is 2.36. The van der Waals surface area contributed by atoms with Crippen molar-refractivity contribution < 1.29 is 14.2 Å². The van der Waals surface area contributed by atoms with Crippen LogP contribution in [0.25, 0.3) is 0 Å². The third-order valence-electron chi connectivity index (χ3n) is 2.94. The highest BCUT2D eigenvalue weighted by Crippen LogP contribution is 2.32. The summed E-state index contributed by atoms with van der Waals surface area (Å²) in [5, 5.41) is 10.4. The predicted molar refractivity (Wildman–Crippen MR) is 75.9 cm³/mol. The maximum Gasteiger partial charge on any atom is 0.129 e. The maximum absolute atomic E-state index is 13.8. The van der Waals surface area contributed by atoms with E-state index < -0.39 is 11.9 Å². The monoisotopic (exact) mass is 324 g/mol. The van der Waals surface area contributed by atoms with Crippen molar-refractivity contribution >= 4 is 15.9 Å². The third-order valence-corrected chi connectivity index (χ3v) is 3.67. The standard InChI is InChI=1S/C15H14BrFO2/c1-9-3-6-14(17)12(7-9)15(18)11-8-10(19-2)4-5-13(11)16/h3-8,15,18H,1-2H3. The highest BCUT2D eigenvalue weighted by atomic mass is 79.9. The Morgan fingerprint density at radius 3 is 2.58 bits per heavy atom. The summed E-state index contributed by atoms with van der Waals surface area (Å²) in [5.41, 5.74) is 1.73. The molecule has 2 nitrogen and oxygen atoms in total. The smallest absolute Gasteiger partial charge is 0.129 e. The highest BCUT2D eigenvalue weighted by Gasteiger charge is 2.18. The molecule has 0 amide bonds. The van der Waals surface area contributed by atoms with Crippen LogP contribution in [0, 0.1) is 12.7 Å². The minimum Gasteiger partial charge on any atom is -0.497 e. The number of benzene rings is 2. The molecular formula is C15H14BrFO2. The molecule has 0 heterocycles. The molecule has 0 saturated heterocycles. The second-order valence-corrected chi connectivity index (χ2v) is 5.17. The molecule has 0 saturated carbocycles. The molecule has 0 radical (unpaired) electrons. The van der Waals surface area contributed by atoms with Gasteiger partial charge in [0.15, 0.2) is 0 Å². The topological polar surface area (TPSA) is 29.5 Å². The first kappa shape index (κ1) is 14.0. The van der Waals surface area contributed by atoms with Crippen molar-refractivity contribution in [1.29, 1.82) is 0 Å². The first-order valence-corrected chi connectivity index (χ1v) is 6.59. The van der Waals surface area contributed by atoms with Crippen LogP contribution in [-0.4, -0.2) is 12.2 Å². The molecule has 0 spiro atoms. The molecule has 1 unspecified atom stereocenters. The average molecular weight is 325 g/mol. The molecule has 0 bridgehead atoms. The minimum atomic E-state index is -1.04. The van der Waals surface area contributed by atoms with Crippen LogP contribution in [-0.2, 0) is 0 Å². The van der Waals surface area contributed by atoms with Gasteiger partial charge in [0.25, 0.3) is 0 Å². The molecule has 0 aliphatic rings. The third kappa shape index (κ3) is 2.96. The summed E-state index contributed by atoms with van der Waals surface area (Å²) in [7, 11) is 1.55. The normalized spacial score (nSPS) is 12.3. The summed E-state index contributed by atoms with van der Waals surface area (Å²) in [4.78, 5) is 0. The van der Waals surface area contributed by atoms with Gasteiger partial charge in [0, 0.05) is 15.6 Å². The summed E-state index contributed by atoms with van der Waals surface area (Å²) in [6.45, 7) is 1.86. The zero-order valence-corrected chi connectivity index (χ0v) is 12.2. The Morgan fingerprint density at radius 2 is 1.89 bits per heavy atom. The Kier molecular flexibility index (Phi) is 4.22. The zero-order chi connectivity index (χ0) is 14.0. The predicted octanol–water partition coefficient (Wildman–Crippen LogP) is 3.99. The summed E-state index contributed by atoms with van der Waals surface area (Å²) >= 11 is 3.36. The summed E-state index contributed by atoms with van der Waals surface area (Å²) in [6.07, 6.45) is -1.04. The van der Waals surface area contributed by atoms with Gasteiger partial charge in [-0.3, -0.25) is 0 Å². The first-order chi connectivity index (χ1) is 9.02. The second kappa shape index (κ2) is 5.72. The molecule has 100 valence electrons. The quantitative estimate of drug-likeness (QED) is 0.925. The van der Waals surface area contributed by atoms with Gasteiger partial charge < -0.3 is 9.84 Å². The number of aliphatic hydroxyl groups excluding tert-OH is 1. The van der Waals surface area contributed by atoms with Crippen LogP contribution in [0.2, 0.25) is 0 Å². The van der Waals surface area contributed by atoms with E-state index >= 15 is 0 Å². The fraction of sp³-hybridized carbons (Fsp3) is 0.200. The van der Waals surface area contributed by atoms with Crippen LogP contribution in [0.1, 0.15) is 22.8 Å². The lowest BCUT2D eigenvalue weighted by Crippen LogP contribution is -2.04. The van der Waals surface area contributed by atoms with Gasteiger partial charge >= 0.3 is 0 Å². The van der Waals surface area contributed by atoms with Crippen molar-refractivity contribution in [3.63, 3.8) is 0 Å². The Morgan fingerprint density at radius 1 is 1.16 bits per heavy atom. The van der Waals surface area contributed by atoms with Crippen LogP contribution in [0.3, 0.4) is 0 Å². The van der Waals surface area contributed by atoms with Gasteiger partial charge in [0.1, 0.15) is 17.7 Å². The van der Waals surface area contributed by atoms with Crippen molar-refractivity contribution in [2.45, 2.75) is 13.0 Å². The van der Waals surface area contributed by atoms with Gasteiger partial charge in [0.2, 0.25) is 0 Å². The molecule has 1 atom stereocenters. The molecule has 0 aliphatic heterocycles. The van der Waals surface area contributed by atoms with Crippen LogP contribution < -0.4 is 4.74 Å². The molecule has 2 rings (SSSR count). The Hall–Kier alpha value is -1.39. The van der Waals surface area contributed by atoms with Crippen molar-refractivity contribution in [3.05, 3.63) is 63.4 Å². The lowest BCUT2D eigenvalue weighted by atomic mass is 9.99. The highest BCUT2D eigenvalue weighted by molar-refractivity contribution is 9.10. The molecule has 2 aromatic carbocycles. The van der Waals surface area contributed by atoms with Crippen molar-refractivity contribution in [3.8, 4) is 5.75 Å². The van der Waals surface area contributed by atoms with E-state index in [0.717, 1.165) is 5.56 Å². The Labute approximate surface area is 120 Å². The van der Waals surface area contributed by atoms with E-state index in [9.17, 15) is 9.50 Å². The summed E-state index contributed by atoms with van der Waals surface area (Å²) < 4.78 is 19.6. The van der Waals surface area contributed by atoms with E-state index in [4.69, 9.17) is 4.74 Å². The molecule has 19 heavy (non-hydrogen) atoms. The Bertz CT molecular complexity index is 599. The molecule has 4 heteroatoms. The van der Waals surface area contributed by atoms with Crippen LogP contribution in [0.15, 0.2) is 40.9 Å². The van der Waals surface area contributed by atoms with E-state index in [-0.39, 0.29) is 5.56 Å². The number of aryl methyl sites for hydroxylation is 1. The van der Waals surface area contributed by atoms with Gasteiger partial charge in [0.05, 0.1) is 7.11 Å². The van der Waals surface area contributed by atoms with Crippen LogP contribution in [0.5, 0.6) is 5.75 Å². The number of ether oxygens (including phenoxy) is 1. The van der Waals surface area contributed by atoms with Gasteiger partial charge in [-0.25, -0.2) is 4.39 Å². The van der Waals surface area contributed by atoms with Crippen molar-refractivity contribution in [1.82, 2.24) is 0 Å². The van der Waals surface area contributed by atoms with E-state index in [1.807, 2.05) is 6.92 Å². The van der Waals surface area contributed by atoms with Crippen LogP contribution in [0.4, 0.5) is 4.39 Å². The van der Waals surface area contributed by atoms with Crippen LogP contribution >= 0.6 is 15.9 Å². The number of halogens is 2. The number of hydrogen-bond donors (Lipinski definition) is 1. The average Bonchev–Trinajstić information content (AvgIpc) is 2.41. The number of methoxy groups -OCH3 is 1. The van der Waals surface area contributed by atoms with Gasteiger partial charge in [-0.2, -0.15) is 0 Å². The van der Waals surface area contributed by atoms with E-state index in [1.54, 1.807) is 37.4 Å².